The Balaban J connectivity index is 1.69. The third-order valence-corrected chi connectivity index (χ3v) is 5.30. The molecule has 1 amide bonds. The van der Waals surface area contributed by atoms with E-state index in [1.807, 2.05) is 38.4 Å². The molecule has 27 heavy (non-hydrogen) atoms. The molecule has 0 aromatic heterocycles. The van der Waals surface area contributed by atoms with E-state index in [9.17, 15) is 4.79 Å². The second kappa shape index (κ2) is 8.55. The van der Waals surface area contributed by atoms with Gasteiger partial charge in [0.15, 0.2) is 0 Å². The van der Waals surface area contributed by atoms with Gasteiger partial charge in [-0.3, -0.25) is 9.69 Å². The van der Waals surface area contributed by atoms with Crippen LogP contribution in [0.5, 0.6) is 0 Å². The van der Waals surface area contributed by atoms with E-state index in [0.29, 0.717) is 18.2 Å². The van der Waals surface area contributed by atoms with Crippen LogP contribution in [-0.2, 0) is 0 Å². The Hall–Kier alpha value is -2.37. The Kier molecular flexibility index (Phi) is 6.14. The highest BCUT2D eigenvalue weighted by Crippen LogP contribution is 2.24. The summed E-state index contributed by atoms with van der Waals surface area (Å²) in [6, 6.07) is 16.6. The third-order valence-electron chi connectivity index (χ3n) is 5.30. The molecule has 1 aliphatic rings. The molecule has 2 aromatic carbocycles. The smallest absolute Gasteiger partial charge is 0.251 e. The van der Waals surface area contributed by atoms with Gasteiger partial charge < -0.3 is 15.1 Å². The Labute approximate surface area is 162 Å². The molecule has 0 spiro atoms. The molecule has 1 atom stereocenters. The van der Waals surface area contributed by atoms with Gasteiger partial charge in [-0.15, -0.1) is 0 Å². The minimum atomic E-state index is -0.0118. The van der Waals surface area contributed by atoms with E-state index in [4.69, 9.17) is 0 Å². The van der Waals surface area contributed by atoms with E-state index in [0.717, 1.165) is 36.4 Å². The van der Waals surface area contributed by atoms with Crippen LogP contribution >= 0.6 is 0 Å². The number of amides is 1. The van der Waals surface area contributed by atoms with Gasteiger partial charge in [-0.1, -0.05) is 24.3 Å². The van der Waals surface area contributed by atoms with E-state index in [1.165, 1.54) is 0 Å². The first-order valence-corrected chi connectivity index (χ1v) is 9.49. The van der Waals surface area contributed by atoms with Crippen LogP contribution < -0.4 is 10.2 Å². The summed E-state index contributed by atoms with van der Waals surface area (Å²) in [6.07, 6.45) is 0. The number of anilines is 1. The molecule has 0 unspecified atom stereocenters. The lowest BCUT2D eigenvalue weighted by Crippen LogP contribution is -2.54. The number of hydrogen-bond donors (Lipinski definition) is 1. The molecule has 1 fully saturated rings. The van der Waals surface area contributed by atoms with Gasteiger partial charge in [-0.2, -0.15) is 0 Å². The predicted octanol–water partition coefficient (Wildman–Crippen LogP) is 2.40. The molecule has 5 heteroatoms. The minimum absolute atomic E-state index is 0.0118. The van der Waals surface area contributed by atoms with Crippen LogP contribution in [0, 0.1) is 0 Å². The maximum Gasteiger partial charge on any atom is 0.251 e. The minimum Gasteiger partial charge on any atom is -0.378 e. The average Bonchev–Trinajstić information content (AvgIpc) is 2.68. The molecule has 3 rings (SSSR count). The summed E-state index contributed by atoms with van der Waals surface area (Å²) in [5, 5.41) is 3.11. The fraction of sp³-hybridized carbons (Fsp3) is 0.409. The summed E-state index contributed by atoms with van der Waals surface area (Å²) < 4.78 is 0. The number of benzene rings is 2. The number of nitrogens with zero attached hydrogens (tertiary/aromatic N) is 3. The number of hydrogen-bond acceptors (Lipinski definition) is 4. The molecule has 0 bridgehead atoms. The van der Waals surface area contributed by atoms with Gasteiger partial charge in [0.05, 0.1) is 0 Å². The number of piperazine rings is 1. The normalized spacial score (nSPS) is 18.3. The van der Waals surface area contributed by atoms with Crippen molar-refractivity contribution >= 4 is 11.6 Å². The van der Waals surface area contributed by atoms with Crippen LogP contribution in [0.2, 0.25) is 0 Å². The number of nitrogens with one attached hydrogen (secondary N) is 1. The van der Waals surface area contributed by atoms with Gasteiger partial charge in [-0.25, -0.2) is 0 Å². The second-order valence-corrected chi connectivity index (χ2v) is 7.63. The molecule has 5 nitrogen and oxygen atoms in total. The lowest BCUT2D eigenvalue weighted by atomic mass is 10.0. The number of likely N-dealkylation sites (N-methyl/N-ethyl adjacent to an activating group) is 2. The van der Waals surface area contributed by atoms with Crippen molar-refractivity contribution in [3.8, 4) is 11.1 Å². The molecular weight excluding hydrogens is 336 g/mol. The molecule has 0 radical (unpaired) electrons. The standard InChI is InChI=1S/C22H30N4O/c1-24(2)20-10-6-8-18(14-20)17-7-5-9-19(13-17)22(27)23-15-21-16-25(3)11-12-26(21)4/h5-10,13-14,21H,11-12,15-16H2,1-4H3,(H,23,27)/t21-/m1/s1. The quantitative estimate of drug-likeness (QED) is 0.882. The summed E-state index contributed by atoms with van der Waals surface area (Å²) in [5.74, 6) is -0.0118. The highest BCUT2D eigenvalue weighted by Gasteiger charge is 2.22. The Bertz CT molecular complexity index is 789. The third kappa shape index (κ3) is 4.87. The summed E-state index contributed by atoms with van der Waals surface area (Å²) in [5.41, 5.74) is 4.02. The Morgan fingerprint density at radius 1 is 1.07 bits per heavy atom. The van der Waals surface area contributed by atoms with Crippen LogP contribution in [0.1, 0.15) is 10.4 Å². The molecule has 1 N–H and O–H groups in total. The molecular formula is C22H30N4O. The lowest BCUT2D eigenvalue weighted by Gasteiger charge is -2.37. The van der Waals surface area contributed by atoms with Crippen LogP contribution in [0.25, 0.3) is 11.1 Å². The van der Waals surface area contributed by atoms with Crippen molar-refractivity contribution in [1.82, 2.24) is 15.1 Å². The Morgan fingerprint density at radius 3 is 2.52 bits per heavy atom. The average molecular weight is 367 g/mol. The lowest BCUT2D eigenvalue weighted by molar-refractivity contribution is 0.0881. The monoisotopic (exact) mass is 366 g/mol. The fourth-order valence-corrected chi connectivity index (χ4v) is 3.44. The predicted molar refractivity (Wildman–Crippen MR) is 112 cm³/mol. The van der Waals surface area contributed by atoms with Crippen molar-refractivity contribution in [2.75, 3.05) is 59.3 Å². The summed E-state index contributed by atoms with van der Waals surface area (Å²) in [4.78, 5) is 19.4. The maximum absolute atomic E-state index is 12.7. The molecule has 0 saturated carbocycles. The number of rotatable bonds is 5. The Morgan fingerprint density at radius 2 is 1.78 bits per heavy atom. The van der Waals surface area contributed by atoms with Crippen molar-refractivity contribution in [2.24, 2.45) is 0 Å². The number of carbonyl (C=O) groups is 1. The van der Waals surface area contributed by atoms with Gasteiger partial charge >= 0.3 is 0 Å². The van der Waals surface area contributed by atoms with Crippen molar-refractivity contribution in [1.29, 1.82) is 0 Å². The highest BCUT2D eigenvalue weighted by atomic mass is 16.1. The first-order chi connectivity index (χ1) is 12.9. The molecule has 1 saturated heterocycles. The van der Waals surface area contributed by atoms with Crippen LogP contribution in [-0.4, -0.2) is 76.1 Å². The van der Waals surface area contributed by atoms with Gasteiger partial charge in [0, 0.05) is 57.6 Å². The summed E-state index contributed by atoms with van der Waals surface area (Å²) in [6.45, 7) is 3.76. The molecule has 1 aliphatic heterocycles. The van der Waals surface area contributed by atoms with Crippen molar-refractivity contribution in [3.05, 3.63) is 54.1 Å². The second-order valence-electron chi connectivity index (χ2n) is 7.63. The van der Waals surface area contributed by atoms with Crippen LogP contribution in [0.3, 0.4) is 0 Å². The van der Waals surface area contributed by atoms with E-state index in [2.05, 4.69) is 58.4 Å². The van der Waals surface area contributed by atoms with Crippen molar-refractivity contribution in [2.45, 2.75) is 6.04 Å². The topological polar surface area (TPSA) is 38.8 Å². The van der Waals surface area contributed by atoms with Gasteiger partial charge in [0.2, 0.25) is 0 Å². The van der Waals surface area contributed by atoms with Crippen LogP contribution in [0.15, 0.2) is 48.5 Å². The largest absolute Gasteiger partial charge is 0.378 e. The van der Waals surface area contributed by atoms with Crippen LogP contribution in [0.4, 0.5) is 5.69 Å². The van der Waals surface area contributed by atoms with Gasteiger partial charge in [-0.05, 0) is 49.5 Å². The highest BCUT2D eigenvalue weighted by molar-refractivity contribution is 5.95. The maximum atomic E-state index is 12.7. The van der Waals surface area contributed by atoms with Crippen molar-refractivity contribution < 1.29 is 4.79 Å². The molecule has 2 aromatic rings. The SMILES string of the molecule is CN1CCN(C)[C@H](CNC(=O)c2cccc(-c3cccc(N(C)C)c3)c2)C1. The molecule has 0 aliphatic carbocycles. The van der Waals surface area contributed by atoms with Gasteiger partial charge in [0.25, 0.3) is 5.91 Å². The first kappa shape index (κ1) is 19.4. The fourth-order valence-electron chi connectivity index (χ4n) is 3.44. The summed E-state index contributed by atoms with van der Waals surface area (Å²) >= 11 is 0. The van der Waals surface area contributed by atoms with E-state index < -0.39 is 0 Å². The zero-order valence-electron chi connectivity index (χ0n) is 16.8. The van der Waals surface area contributed by atoms with E-state index in [1.54, 1.807) is 0 Å². The van der Waals surface area contributed by atoms with Crippen molar-refractivity contribution in [3.63, 3.8) is 0 Å². The van der Waals surface area contributed by atoms with Gasteiger partial charge in [0.1, 0.15) is 0 Å². The number of carbonyl (C=O) groups excluding carboxylic acids is 1. The molecule has 1 heterocycles. The zero-order chi connectivity index (χ0) is 19.4. The van der Waals surface area contributed by atoms with E-state index in [-0.39, 0.29) is 5.91 Å². The molecule has 144 valence electrons. The van der Waals surface area contributed by atoms with E-state index >= 15 is 0 Å². The first-order valence-electron chi connectivity index (χ1n) is 9.49. The zero-order valence-corrected chi connectivity index (χ0v) is 16.8. The summed E-state index contributed by atoms with van der Waals surface area (Å²) in [7, 11) is 8.32.